The van der Waals surface area contributed by atoms with Crippen LogP contribution in [0, 0.1) is 0 Å². The third-order valence-electron chi connectivity index (χ3n) is 8.18. The first kappa shape index (κ1) is 25.2. The van der Waals surface area contributed by atoms with Gasteiger partial charge in [0.2, 0.25) is 17.9 Å². The molecule has 5 heterocycles. The van der Waals surface area contributed by atoms with Gasteiger partial charge in [0, 0.05) is 44.1 Å². The van der Waals surface area contributed by atoms with Gasteiger partial charge in [0.15, 0.2) is 0 Å². The SMILES string of the molecule is NC(=N/C=N\Cl)n1c2ccccc2c2ccc3c4ccc5c6ccccc6n(-c6ncncn6)c5c4n(-c4ncncn4)c3c21. The Hall–Kier alpha value is -6.27. The zero-order valence-electron chi connectivity index (χ0n) is 23.2. The molecule has 214 valence electrons. The van der Waals surface area contributed by atoms with E-state index < -0.39 is 0 Å². The van der Waals surface area contributed by atoms with Crippen LogP contribution in [0.3, 0.4) is 0 Å². The lowest BCUT2D eigenvalue weighted by molar-refractivity contribution is 0.928. The second-order valence-electron chi connectivity index (χ2n) is 10.3. The number of halogens is 1. The normalized spacial score (nSPS) is 12.7. The molecule has 4 aromatic carbocycles. The van der Waals surface area contributed by atoms with E-state index >= 15 is 0 Å². The Balaban J connectivity index is 1.60. The van der Waals surface area contributed by atoms with Crippen molar-refractivity contribution in [3.63, 3.8) is 0 Å². The van der Waals surface area contributed by atoms with Crippen molar-refractivity contribution in [2.45, 2.75) is 0 Å². The summed E-state index contributed by atoms with van der Waals surface area (Å²) in [5.41, 5.74) is 11.9. The first-order valence-corrected chi connectivity index (χ1v) is 14.2. The van der Waals surface area contributed by atoms with E-state index in [1.165, 1.54) is 31.6 Å². The third-order valence-corrected chi connectivity index (χ3v) is 8.27. The lowest BCUT2D eigenvalue weighted by atomic mass is 10.1. The van der Waals surface area contributed by atoms with Crippen molar-refractivity contribution >= 4 is 89.5 Å². The molecular weight excluding hydrogens is 588 g/mol. The largest absolute Gasteiger partial charge is 0.369 e. The zero-order chi connectivity index (χ0) is 30.1. The maximum absolute atomic E-state index is 6.66. The number of para-hydroxylation sites is 2. The number of benzene rings is 4. The van der Waals surface area contributed by atoms with Gasteiger partial charge >= 0.3 is 0 Å². The second-order valence-corrected chi connectivity index (χ2v) is 10.5. The third kappa shape index (κ3) is 3.48. The van der Waals surface area contributed by atoms with Crippen LogP contribution in [0.5, 0.6) is 0 Å². The maximum atomic E-state index is 6.66. The minimum Gasteiger partial charge on any atom is -0.369 e. The molecule has 2 N–H and O–H groups in total. The number of rotatable bonds is 3. The van der Waals surface area contributed by atoms with E-state index in [-0.39, 0.29) is 5.96 Å². The summed E-state index contributed by atoms with van der Waals surface area (Å²) in [6.07, 6.45) is 7.20. The summed E-state index contributed by atoms with van der Waals surface area (Å²) in [5.74, 6) is 1.13. The number of hydrogen-bond acceptors (Lipinski definition) is 7. The Bertz CT molecular complexity index is 2670. The van der Waals surface area contributed by atoms with E-state index in [0.29, 0.717) is 11.9 Å². The lowest BCUT2D eigenvalue weighted by Gasteiger charge is -2.11. The van der Waals surface area contributed by atoms with Crippen molar-refractivity contribution in [2.75, 3.05) is 0 Å². The maximum Gasteiger partial charge on any atom is 0.237 e. The summed E-state index contributed by atoms with van der Waals surface area (Å²) in [6, 6.07) is 24.8. The van der Waals surface area contributed by atoms with Crippen LogP contribution < -0.4 is 5.73 Å². The zero-order valence-corrected chi connectivity index (χ0v) is 23.9. The highest BCUT2D eigenvalue weighted by Gasteiger charge is 2.26. The van der Waals surface area contributed by atoms with Gasteiger partial charge in [-0.05, 0) is 12.1 Å². The molecule has 0 unspecified atom stereocenters. The summed E-state index contributed by atoms with van der Waals surface area (Å²) >= 11 is 5.61. The first-order valence-electron chi connectivity index (χ1n) is 13.9. The number of aliphatic imine (C=N–C) groups is 1. The number of hydrogen-bond donors (Lipinski definition) is 1. The van der Waals surface area contributed by atoms with E-state index in [9.17, 15) is 0 Å². The standard InChI is InChI=1S/C32H19ClN12/c33-42-17-37-30(34)43-24-7-3-1-5-18(24)20-9-11-22-23-12-10-21-19-6-2-4-8-25(19)44(31-38-13-35-14-39-31)27(21)29(23)45(28(22)26(20)43)32-40-15-36-16-41-32/h1-17H,(H2,34,37,42). The van der Waals surface area contributed by atoms with Crippen LogP contribution in [0.2, 0.25) is 0 Å². The van der Waals surface area contributed by atoms with Gasteiger partial charge in [0.25, 0.3) is 0 Å². The molecule has 0 spiro atoms. The smallest absolute Gasteiger partial charge is 0.237 e. The van der Waals surface area contributed by atoms with E-state index in [0.717, 1.165) is 65.4 Å². The molecule has 0 saturated carbocycles. The van der Waals surface area contributed by atoms with Crippen LogP contribution in [0.25, 0.3) is 77.3 Å². The molecule has 0 saturated heterocycles. The molecule has 9 aromatic rings. The number of aromatic nitrogens is 9. The summed E-state index contributed by atoms with van der Waals surface area (Å²) < 4.78 is 9.56. The lowest BCUT2D eigenvalue weighted by Crippen LogP contribution is -2.22. The van der Waals surface area contributed by atoms with Crippen molar-refractivity contribution < 1.29 is 0 Å². The molecule has 0 aliphatic heterocycles. The van der Waals surface area contributed by atoms with E-state index in [2.05, 4.69) is 91.0 Å². The van der Waals surface area contributed by atoms with Crippen molar-refractivity contribution in [3.8, 4) is 11.9 Å². The molecule has 13 heteroatoms. The van der Waals surface area contributed by atoms with Gasteiger partial charge in [-0.3, -0.25) is 13.7 Å². The van der Waals surface area contributed by atoms with E-state index in [4.69, 9.17) is 17.5 Å². The monoisotopic (exact) mass is 606 g/mol. The highest BCUT2D eigenvalue weighted by Crippen LogP contribution is 2.44. The molecule has 0 atom stereocenters. The van der Waals surface area contributed by atoms with Crippen molar-refractivity contribution in [1.29, 1.82) is 0 Å². The summed E-state index contributed by atoms with van der Waals surface area (Å²) in [5, 5.41) is 6.01. The van der Waals surface area contributed by atoms with Crippen molar-refractivity contribution in [3.05, 3.63) is 98.1 Å². The Kier molecular flexibility index (Phi) is 5.40. The predicted molar refractivity (Wildman–Crippen MR) is 176 cm³/mol. The van der Waals surface area contributed by atoms with Crippen LogP contribution >= 0.6 is 11.8 Å². The molecule has 45 heavy (non-hydrogen) atoms. The Morgan fingerprint density at radius 1 is 0.578 bits per heavy atom. The molecular formula is C32H19ClN12. The first-order chi connectivity index (χ1) is 22.3. The van der Waals surface area contributed by atoms with Crippen LogP contribution in [-0.2, 0) is 0 Å². The molecule has 0 aliphatic rings. The average molecular weight is 607 g/mol. The Labute approximate surface area is 257 Å². The number of nitrogens with two attached hydrogens (primary N) is 1. The molecule has 5 aromatic heterocycles. The fourth-order valence-corrected chi connectivity index (χ4v) is 6.60. The summed E-state index contributed by atoms with van der Waals surface area (Å²) in [6.45, 7) is 0. The van der Waals surface area contributed by atoms with Gasteiger partial charge in [-0.2, -0.15) is 4.51 Å². The van der Waals surface area contributed by atoms with E-state index in [1.807, 2.05) is 34.9 Å². The van der Waals surface area contributed by atoms with Gasteiger partial charge in [-0.25, -0.2) is 34.9 Å². The van der Waals surface area contributed by atoms with Gasteiger partial charge in [0.05, 0.1) is 33.1 Å². The molecule has 0 amide bonds. The predicted octanol–water partition coefficient (Wildman–Crippen LogP) is 5.70. The topological polar surface area (TPSA) is 143 Å². The highest BCUT2D eigenvalue weighted by atomic mass is 35.5. The van der Waals surface area contributed by atoms with Gasteiger partial charge < -0.3 is 5.73 Å². The highest BCUT2D eigenvalue weighted by molar-refractivity contribution is 6.29. The fourth-order valence-electron chi connectivity index (χ4n) is 6.56. The number of fused-ring (bicyclic) bond motifs is 11. The van der Waals surface area contributed by atoms with Crippen LogP contribution in [0.15, 0.2) is 108 Å². The van der Waals surface area contributed by atoms with Crippen molar-refractivity contribution in [2.24, 2.45) is 15.2 Å². The van der Waals surface area contributed by atoms with Crippen molar-refractivity contribution in [1.82, 2.24) is 43.6 Å². The molecule has 12 nitrogen and oxygen atoms in total. The summed E-state index contributed by atoms with van der Waals surface area (Å²) in [7, 11) is 0. The van der Waals surface area contributed by atoms with E-state index in [1.54, 1.807) is 0 Å². The molecule has 0 radical (unpaired) electrons. The Morgan fingerprint density at radius 2 is 1.04 bits per heavy atom. The number of nitrogens with zero attached hydrogens (tertiary/aromatic N) is 11. The molecule has 0 bridgehead atoms. The quantitative estimate of drug-likeness (QED) is 0.201. The van der Waals surface area contributed by atoms with Crippen LogP contribution in [0.1, 0.15) is 0 Å². The molecule has 0 aliphatic carbocycles. The minimum absolute atomic E-state index is 0.204. The molecule has 9 rings (SSSR count). The van der Waals surface area contributed by atoms with Crippen LogP contribution in [-0.4, -0.2) is 55.9 Å². The van der Waals surface area contributed by atoms with Gasteiger partial charge in [-0.1, -0.05) is 60.7 Å². The van der Waals surface area contributed by atoms with Crippen LogP contribution in [0.4, 0.5) is 0 Å². The second kappa shape index (κ2) is 9.62. The van der Waals surface area contributed by atoms with Gasteiger partial charge in [-0.15, -0.1) is 0 Å². The average Bonchev–Trinajstić information content (AvgIpc) is 3.74. The molecule has 0 fully saturated rings. The Morgan fingerprint density at radius 3 is 1.67 bits per heavy atom. The fraction of sp³-hybridized carbons (Fsp3) is 0. The minimum atomic E-state index is 0.204. The van der Waals surface area contributed by atoms with Gasteiger partial charge in [0.1, 0.15) is 31.6 Å². The summed E-state index contributed by atoms with van der Waals surface area (Å²) in [4.78, 5) is 30.9.